The minimum atomic E-state index is -0.813. The Bertz CT molecular complexity index is 677. The highest BCUT2D eigenvalue weighted by Crippen LogP contribution is 2.34. The molecular formula is C19H28ClN3O4. The Morgan fingerprint density at radius 2 is 1.96 bits per heavy atom. The van der Waals surface area contributed by atoms with Gasteiger partial charge in [-0.25, -0.2) is 0 Å². The van der Waals surface area contributed by atoms with Gasteiger partial charge in [-0.3, -0.25) is 9.59 Å². The summed E-state index contributed by atoms with van der Waals surface area (Å²) >= 11 is 0. The Morgan fingerprint density at radius 1 is 1.22 bits per heavy atom. The standard InChI is InChI=1S/C19H27N3O4.ClH/c1-25-16-7-6-14(13-15(16)22-12-4-3-5-17(22)23)21-18(24)19(26-2)8-10-20-11-9-19;/h6-7,13,20H,3-5,8-12H2,1-2H3,(H,21,24);1H. The Labute approximate surface area is 166 Å². The van der Waals surface area contributed by atoms with Gasteiger partial charge >= 0.3 is 0 Å². The van der Waals surface area contributed by atoms with Crippen LogP contribution in [0.4, 0.5) is 11.4 Å². The predicted octanol–water partition coefficient (Wildman–Crippen LogP) is 2.34. The fourth-order valence-corrected chi connectivity index (χ4v) is 3.64. The summed E-state index contributed by atoms with van der Waals surface area (Å²) in [5, 5.41) is 6.21. The van der Waals surface area contributed by atoms with Crippen LogP contribution in [0.15, 0.2) is 18.2 Å². The number of halogens is 1. The lowest BCUT2D eigenvalue weighted by molar-refractivity contribution is -0.140. The van der Waals surface area contributed by atoms with Crippen molar-refractivity contribution in [1.29, 1.82) is 0 Å². The predicted molar refractivity (Wildman–Crippen MR) is 107 cm³/mol. The SMILES string of the molecule is COc1ccc(NC(=O)C2(OC)CCNCC2)cc1N1CCCCC1=O.Cl. The highest BCUT2D eigenvalue weighted by atomic mass is 35.5. The van der Waals surface area contributed by atoms with Crippen LogP contribution in [-0.2, 0) is 14.3 Å². The average Bonchev–Trinajstić information content (AvgIpc) is 2.68. The topological polar surface area (TPSA) is 79.9 Å². The summed E-state index contributed by atoms with van der Waals surface area (Å²) in [5.74, 6) is 0.564. The summed E-state index contributed by atoms with van der Waals surface area (Å²) in [6.45, 7) is 2.16. The van der Waals surface area contributed by atoms with Crippen LogP contribution in [0.5, 0.6) is 5.75 Å². The summed E-state index contributed by atoms with van der Waals surface area (Å²) in [7, 11) is 3.16. The maximum atomic E-state index is 12.9. The van der Waals surface area contributed by atoms with Crippen molar-refractivity contribution in [3.8, 4) is 5.75 Å². The highest BCUT2D eigenvalue weighted by Gasteiger charge is 2.39. The fourth-order valence-electron chi connectivity index (χ4n) is 3.64. The van der Waals surface area contributed by atoms with Crippen LogP contribution in [0.2, 0.25) is 0 Å². The minimum Gasteiger partial charge on any atom is -0.495 e. The van der Waals surface area contributed by atoms with Crippen molar-refractivity contribution < 1.29 is 19.1 Å². The molecule has 2 N–H and O–H groups in total. The molecule has 2 fully saturated rings. The minimum absolute atomic E-state index is 0. The quantitative estimate of drug-likeness (QED) is 0.797. The van der Waals surface area contributed by atoms with Gasteiger partial charge in [0.1, 0.15) is 11.4 Å². The smallest absolute Gasteiger partial charge is 0.256 e. The number of piperidine rings is 2. The van der Waals surface area contributed by atoms with Crippen LogP contribution in [-0.4, -0.2) is 51.3 Å². The highest BCUT2D eigenvalue weighted by molar-refractivity contribution is 6.00. The van der Waals surface area contributed by atoms with E-state index in [0.717, 1.165) is 25.9 Å². The first-order valence-corrected chi connectivity index (χ1v) is 9.15. The number of benzene rings is 1. The van der Waals surface area contributed by atoms with Gasteiger partial charge in [-0.2, -0.15) is 0 Å². The third-order valence-electron chi connectivity index (χ3n) is 5.27. The molecule has 0 saturated carbocycles. The number of ether oxygens (including phenoxy) is 2. The third-order valence-corrected chi connectivity index (χ3v) is 5.27. The van der Waals surface area contributed by atoms with Crippen molar-refractivity contribution in [3.63, 3.8) is 0 Å². The monoisotopic (exact) mass is 397 g/mol. The molecule has 0 unspecified atom stereocenters. The maximum absolute atomic E-state index is 12.9. The molecule has 8 heteroatoms. The number of hydrogen-bond acceptors (Lipinski definition) is 5. The number of hydrogen-bond donors (Lipinski definition) is 2. The first-order chi connectivity index (χ1) is 12.6. The summed E-state index contributed by atoms with van der Waals surface area (Å²) in [6, 6.07) is 5.39. The Balaban J connectivity index is 0.00000261. The van der Waals surface area contributed by atoms with Crippen molar-refractivity contribution in [2.24, 2.45) is 0 Å². The number of nitrogens with one attached hydrogen (secondary N) is 2. The van der Waals surface area contributed by atoms with Gasteiger partial charge in [0.2, 0.25) is 5.91 Å². The molecule has 7 nitrogen and oxygen atoms in total. The number of rotatable bonds is 5. The largest absolute Gasteiger partial charge is 0.495 e. The summed E-state index contributed by atoms with van der Waals surface area (Å²) in [5.41, 5.74) is 0.526. The second-order valence-corrected chi connectivity index (χ2v) is 6.79. The fraction of sp³-hybridized carbons (Fsp3) is 0.579. The first kappa shape index (κ1) is 21.5. The second kappa shape index (κ2) is 9.39. The van der Waals surface area contributed by atoms with E-state index in [2.05, 4.69) is 10.6 Å². The van der Waals surface area contributed by atoms with E-state index in [0.29, 0.717) is 42.9 Å². The molecule has 0 aromatic heterocycles. The summed E-state index contributed by atoms with van der Waals surface area (Å²) in [6.07, 6.45) is 3.68. The van der Waals surface area contributed by atoms with Gasteiger partial charge in [0.25, 0.3) is 5.91 Å². The molecule has 2 aliphatic heterocycles. The molecule has 3 rings (SSSR count). The van der Waals surface area contributed by atoms with Crippen molar-refractivity contribution in [2.45, 2.75) is 37.7 Å². The molecule has 0 spiro atoms. The lowest BCUT2D eigenvalue weighted by Gasteiger charge is -2.35. The number of anilines is 2. The molecule has 0 bridgehead atoms. The molecule has 150 valence electrons. The number of nitrogens with zero attached hydrogens (tertiary/aromatic N) is 1. The average molecular weight is 398 g/mol. The Kier molecular flexibility index (Phi) is 7.47. The van der Waals surface area contributed by atoms with Gasteiger partial charge in [-0.05, 0) is 57.0 Å². The third kappa shape index (κ3) is 4.54. The molecule has 27 heavy (non-hydrogen) atoms. The lowest BCUT2D eigenvalue weighted by Crippen LogP contribution is -2.51. The Hall–Kier alpha value is -1.83. The lowest BCUT2D eigenvalue weighted by atomic mass is 9.91. The van der Waals surface area contributed by atoms with E-state index in [-0.39, 0.29) is 24.2 Å². The molecule has 0 radical (unpaired) electrons. The molecule has 1 aromatic carbocycles. The van der Waals surface area contributed by atoms with Crippen LogP contribution >= 0.6 is 12.4 Å². The van der Waals surface area contributed by atoms with E-state index in [1.54, 1.807) is 31.3 Å². The van der Waals surface area contributed by atoms with Crippen molar-refractivity contribution >= 4 is 35.6 Å². The second-order valence-electron chi connectivity index (χ2n) is 6.79. The maximum Gasteiger partial charge on any atom is 0.256 e. The van der Waals surface area contributed by atoms with Crippen molar-refractivity contribution in [3.05, 3.63) is 18.2 Å². The Morgan fingerprint density at radius 3 is 2.59 bits per heavy atom. The summed E-state index contributed by atoms with van der Waals surface area (Å²) in [4.78, 5) is 26.9. The van der Waals surface area contributed by atoms with Crippen molar-refractivity contribution in [2.75, 3.05) is 44.1 Å². The summed E-state index contributed by atoms with van der Waals surface area (Å²) < 4.78 is 11.0. The zero-order valence-corrected chi connectivity index (χ0v) is 16.7. The van der Waals surface area contributed by atoms with Gasteiger partial charge in [0.05, 0.1) is 12.8 Å². The van der Waals surface area contributed by atoms with Gasteiger partial charge in [0, 0.05) is 25.8 Å². The van der Waals surface area contributed by atoms with Gasteiger partial charge < -0.3 is 25.0 Å². The molecular weight excluding hydrogens is 370 g/mol. The molecule has 2 amide bonds. The number of carbonyl (C=O) groups is 2. The van der Waals surface area contributed by atoms with E-state index in [1.165, 1.54) is 0 Å². The van der Waals surface area contributed by atoms with Crippen LogP contribution in [0.3, 0.4) is 0 Å². The molecule has 1 aromatic rings. The van der Waals surface area contributed by atoms with E-state index >= 15 is 0 Å². The number of methoxy groups -OCH3 is 2. The van der Waals surface area contributed by atoms with Gasteiger partial charge in [-0.15, -0.1) is 12.4 Å². The molecule has 2 heterocycles. The normalized spacial score (nSPS) is 19.2. The van der Waals surface area contributed by atoms with Crippen LogP contribution in [0.1, 0.15) is 32.1 Å². The zero-order valence-electron chi connectivity index (χ0n) is 15.9. The van der Waals surface area contributed by atoms with E-state index in [9.17, 15) is 9.59 Å². The number of amides is 2. The van der Waals surface area contributed by atoms with Crippen LogP contribution < -0.4 is 20.3 Å². The van der Waals surface area contributed by atoms with E-state index in [1.807, 2.05) is 6.07 Å². The van der Waals surface area contributed by atoms with Crippen LogP contribution in [0, 0.1) is 0 Å². The first-order valence-electron chi connectivity index (χ1n) is 9.15. The molecule has 2 saturated heterocycles. The molecule has 0 atom stereocenters. The van der Waals surface area contributed by atoms with Gasteiger partial charge in [-0.1, -0.05) is 0 Å². The zero-order chi connectivity index (χ0) is 18.6. The van der Waals surface area contributed by atoms with Gasteiger partial charge in [0.15, 0.2) is 0 Å². The molecule has 0 aliphatic carbocycles. The number of carbonyl (C=O) groups excluding carboxylic acids is 2. The van der Waals surface area contributed by atoms with Crippen LogP contribution in [0.25, 0.3) is 0 Å². The van der Waals surface area contributed by atoms with E-state index < -0.39 is 5.60 Å². The van der Waals surface area contributed by atoms with Crippen molar-refractivity contribution in [1.82, 2.24) is 5.32 Å². The molecule has 2 aliphatic rings. The van der Waals surface area contributed by atoms with E-state index in [4.69, 9.17) is 9.47 Å².